The molecular weight excluding hydrogens is 433 g/mol. The summed E-state index contributed by atoms with van der Waals surface area (Å²) in [6.45, 7) is 3.99. The van der Waals surface area contributed by atoms with Gasteiger partial charge >= 0.3 is 0 Å². The van der Waals surface area contributed by atoms with Crippen molar-refractivity contribution in [3.63, 3.8) is 0 Å². The second-order valence-electron chi connectivity index (χ2n) is 8.52. The second kappa shape index (κ2) is 10.1. The molecule has 174 valence electrons. The van der Waals surface area contributed by atoms with Gasteiger partial charge in [0.05, 0.1) is 5.52 Å². The van der Waals surface area contributed by atoms with Gasteiger partial charge in [-0.1, -0.05) is 29.4 Å². The van der Waals surface area contributed by atoms with E-state index in [-0.39, 0.29) is 11.7 Å². The molecule has 3 heterocycles. The fraction of sp³-hybridized carbons (Fsp3) is 0.308. The lowest BCUT2D eigenvalue weighted by Gasteiger charge is -2.35. The Hall–Kier alpha value is -3.65. The highest BCUT2D eigenvalue weighted by molar-refractivity contribution is 5.81. The molecule has 0 N–H and O–H groups in total. The molecule has 1 saturated heterocycles. The van der Waals surface area contributed by atoms with Crippen LogP contribution in [0.3, 0.4) is 0 Å². The first-order valence-corrected chi connectivity index (χ1v) is 11.6. The molecule has 1 fully saturated rings. The average molecular weight is 460 g/mol. The van der Waals surface area contributed by atoms with E-state index < -0.39 is 0 Å². The second-order valence-corrected chi connectivity index (χ2v) is 8.52. The van der Waals surface area contributed by atoms with Gasteiger partial charge in [0.2, 0.25) is 17.6 Å². The normalized spacial score (nSPS) is 14.6. The maximum absolute atomic E-state index is 13.1. The zero-order valence-corrected chi connectivity index (χ0v) is 18.9. The summed E-state index contributed by atoms with van der Waals surface area (Å²) in [4.78, 5) is 25.9. The summed E-state index contributed by atoms with van der Waals surface area (Å²) < 4.78 is 18.4. The first-order chi connectivity index (χ1) is 16.7. The summed E-state index contributed by atoms with van der Waals surface area (Å²) in [5.41, 5.74) is 2.97. The number of aryl methyl sites for hydroxylation is 1. The van der Waals surface area contributed by atoms with Crippen LogP contribution in [0, 0.1) is 5.82 Å². The molecule has 0 bridgehead atoms. The van der Waals surface area contributed by atoms with Gasteiger partial charge in [0.1, 0.15) is 5.82 Å². The molecular formula is C26H26FN5O2. The maximum atomic E-state index is 13.1. The van der Waals surface area contributed by atoms with Gasteiger partial charge in [-0.05, 0) is 42.3 Å². The van der Waals surface area contributed by atoms with E-state index in [0.29, 0.717) is 36.5 Å². The zero-order chi connectivity index (χ0) is 23.3. The summed E-state index contributed by atoms with van der Waals surface area (Å²) >= 11 is 0. The lowest BCUT2D eigenvalue weighted by Crippen LogP contribution is -2.48. The molecule has 1 aliphatic heterocycles. The van der Waals surface area contributed by atoms with Crippen LogP contribution in [0.5, 0.6) is 0 Å². The van der Waals surface area contributed by atoms with E-state index in [4.69, 9.17) is 4.52 Å². The molecule has 0 atom stereocenters. The first-order valence-electron chi connectivity index (χ1n) is 11.6. The van der Waals surface area contributed by atoms with Gasteiger partial charge in [-0.3, -0.25) is 14.7 Å². The number of fused-ring (bicyclic) bond motifs is 1. The van der Waals surface area contributed by atoms with Crippen molar-refractivity contribution < 1.29 is 13.7 Å². The van der Waals surface area contributed by atoms with Gasteiger partial charge in [0, 0.05) is 62.7 Å². The maximum Gasteiger partial charge on any atom is 0.226 e. The van der Waals surface area contributed by atoms with E-state index in [1.807, 2.05) is 17.2 Å². The van der Waals surface area contributed by atoms with Crippen molar-refractivity contribution in [2.45, 2.75) is 25.8 Å². The number of halogens is 1. The molecule has 34 heavy (non-hydrogen) atoms. The van der Waals surface area contributed by atoms with E-state index in [2.05, 4.69) is 44.3 Å². The summed E-state index contributed by atoms with van der Waals surface area (Å²) in [5.74, 6) is 0.765. The number of rotatable bonds is 7. The molecule has 8 heteroatoms. The summed E-state index contributed by atoms with van der Waals surface area (Å²) in [6, 6.07) is 16.3. The van der Waals surface area contributed by atoms with Crippen molar-refractivity contribution in [1.29, 1.82) is 0 Å². The third-order valence-electron chi connectivity index (χ3n) is 6.19. The van der Waals surface area contributed by atoms with Crippen molar-refractivity contribution in [3.05, 3.63) is 78.1 Å². The number of benzene rings is 2. The fourth-order valence-electron chi connectivity index (χ4n) is 4.31. The summed E-state index contributed by atoms with van der Waals surface area (Å²) in [5, 5.41) is 5.10. The number of nitrogens with zero attached hydrogens (tertiary/aromatic N) is 5. The molecule has 0 aliphatic carbocycles. The predicted octanol–water partition coefficient (Wildman–Crippen LogP) is 4.09. The Morgan fingerprint density at radius 3 is 2.62 bits per heavy atom. The number of carbonyl (C=O) groups is 1. The van der Waals surface area contributed by atoms with Crippen LogP contribution < -0.4 is 0 Å². The van der Waals surface area contributed by atoms with Crippen molar-refractivity contribution in [2.75, 3.05) is 26.2 Å². The minimum atomic E-state index is -0.308. The number of amides is 1. The Morgan fingerprint density at radius 2 is 1.79 bits per heavy atom. The molecule has 4 aromatic rings. The number of carbonyl (C=O) groups excluding carboxylic acids is 1. The van der Waals surface area contributed by atoms with Crippen LogP contribution in [0.4, 0.5) is 4.39 Å². The van der Waals surface area contributed by atoms with Crippen molar-refractivity contribution in [2.24, 2.45) is 0 Å². The van der Waals surface area contributed by atoms with Crippen molar-refractivity contribution >= 4 is 16.8 Å². The quantitative estimate of drug-likeness (QED) is 0.414. The highest BCUT2D eigenvalue weighted by Gasteiger charge is 2.21. The van der Waals surface area contributed by atoms with Gasteiger partial charge in [0.25, 0.3) is 0 Å². The first kappa shape index (κ1) is 22.2. The fourth-order valence-corrected chi connectivity index (χ4v) is 4.31. The molecule has 0 saturated carbocycles. The van der Waals surface area contributed by atoms with Crippen molar-refractivity contribution in [1.82, 2.24) is 24.9 Å². The molecule has 7 nitrogen and oxygen atoms in total. The van der Waals surface area contributed by atoms with Gasteiger partial charge in [-0.2, -0.15) is 4.98 Å². The van der Waals surface area contributed by atoms with Crippen LogP contribution in [0.15, 0.2) is 65.3 Å². The number of hydrogen-bond donors (Lipinski definition) is 0. The highest BCUT2D eigenvalue weighted by atomic mass is 19.1. The number of hydrogen-bond acceptors (Lipinski definition) is 6. The lowest BCUT2D eigenvalue weighted by molar-refractivity contribution is -0.133. The Bertz CT molecular complexity index is 1260. The minimum Gasteiger partial charge on any atom is -0.340 e. The van der Waals surface area contributed by atoms with Crippen LogP contribution in [-0.2, 0) is 17.8 Å². The molecule has 0 spiro atoms. The zero-order valence-electron chi connectivity index (χ0n) is 18.9. The van der Waals surface area contributed by atoms with Gasteiger partial charge in [0.15, 0.2) is 0 Å². The number of pyridine rings is 1. The van der Waals surface area contributed by atoms with Crippen LogP contribution >= 0.6 is 0 Å². The Labute approximate surface area is 197 Å². The molecule has 0 radical (unpaired) electrons. The van der Waals surface area contributed by atoms with Gasteiger partial charge in [-0.15, -0.1) is 0 Å². The van der Waals surface area contributed by atoms with Crippen LogP contribution in [0.2, 0.25) is 0 Å². The Balaban J connectivity index is 1.07. The number of aromatic nitrogens is 3. The predicted molar refractivity (Wildman–Crippen MR) is 126 cm³/mol. The average Bonchev–Trinajstić information content (AvgIpc) is 3.34. The molecule has 1 aliphatic rings. The van der Waals surface area contributed by atoms with Crippen LogP contribution in [-0.4, -0.2) is 57.0 Å². The molecule has 1 amide bonds. The SMILES string of the molecule is O=C(CCCc1nc(-c2ccc(F)cc2)no1)N1CCN(Cc2cccc3cccnc23)CC1. The van der Waals surface area contributed by atoms with E-state index in [1.54, 1.807) is 12.1 Å². The summed E-state index contributed by atoms with van der Waals surface area (Å²) in [7, 11) is 0. The highest BCUT2D eigenvalue weighted by Crippen LogP contribution is 2.19. The van der Waals surface area contributed by atoms with Gasteiger partial charge in [-0.25, -0.2) is 4.39 Å². The van der Waals surface area contributed by atoms with Crippen LogP contribution in [0.25, 0.3) is 22.3 Å². The van der Waals surface area contributed by atoms with Crippen LogP contribution in [0.1, 0.15) is 24.3 Å². The minimum absolute atomic E-state index is 0.157. The van der Waals surface area contributed by atoms with E-state index in [0.717, 1.165) is 43.6 Å². The number of para-hydroxylation sites is 1. The summed E-state index contributed by atoms with van der Waals surface area (Å²) in [6.07, 6.45) is 3.46. The number of piperazine rings is 1. The molecule has 2 aromatic heterocycles. The monoisotopic (exact) mass is 459 g/mol. The Morgan fingerprint density at radius 1 is 1.00 bits per heavy atom. The molecule has 2 aromatic carbocycles. The molecule has 0 unspecified atom stereocenters. The smallest absolute Gasteiger partial charge is 0.226 e. The standard InChI is InChI=1S/C26H26FN5O2/c27-22-11-9-20(10-12-22)26-29-23(34-30-26)7-2-8-24(33)32-16-14-31(15-17-32)18-21-5-1-4-19-6-3-13-28-25(19)21/h1,3-6,9-13H,2,7-8,14-18H2. The van der Waals surface area contributed by atoms with E-state index in [9.17, 15) is 9.18 Å². The topological polar surface area (TPSA) is 75.4 Å². The van der Waals surface area contributed by atoms with Crippen molar-refractivity contribution in [3.8, 4) is 11.4 Å². The van der Waals surface area contributed by atoms with Gasteiger partial charge < -0.3 is 9.42 Å². The Kier molecular flexibility index (Phi) is 6.58. The van der Waals surface area contributed by atoms with E-state index in [1.165, 1.54) is 17.7 Å². The third kappa shape index (κ3) is 5.12. The largest absolute Gasteiger partial charge is 0.340 e. The third-order valence-corrected chi connectivity index (χ3v) is 6.19. The lowest BCUT2D eigenvalue weighted by atomic mass is 10.1. The molecule has 5 rings (SSSR count). The van der Waals surface area contributed by atoms with E-state index >= 15 is 0 Å².